The van der Waals surface area contributed by atoms with E-state index in [0.29, 0.717) is 0 Å². The summed E-state index contributed by atoms with van der Waals surface area (Å²) in [6.07, 6.45) is 0. The molecule has 0 atom stereocenters. The maximum absolute atomic E-state index is 11.3. The maximum Gasteiger partial charge on any atom is 0.379 e. The molecule has 82 valence electrons. The predicted molar refractivity (Wildman–Crippen MR) is 53.6 cm³/mol. The normalized spacial score (nSPS) is 18.5. The Morgan fingerprint density at radius 3 is 2.62 bits per heavy atom. The van der Waals surface area contributed by atoms with Crippen molar-refractivity contribution in [1.29, 1.82) is 0 Å². The molecule has 0 bridgehead atoms. The molecule has 1 aromatic rings. The molecule has 0 radical (unpaired) electrons. The number of esters is 1. The molecular weight excluding hydrogens is 212 g/mol. The van der Waals surface area contributed by atoms with Gasteiger partial charge in [0.05, 0.1) is 5.57 Å². The second-order valence-electron chi connectivity index (χ2n) is 3.28. The number of aromatic hydroxyl groups is 1. The standard InChI is InChI=1S/C11H8O5/c12-7-3-1-2-6(4-7)9(13)8-5-16-11(15)10(8)14/h1-4,12-13H,5H2/b9-8-. The van der Waals surface area contributed by atoms with Gasteiger partial charge in [0.25, 0.3) is 5.78 Å². The minimum atomic E-state index is -0.971. The Morgan fingerprint density at radius 2 is 2.06 bits per heavy atom. The molecule has 0 amide bonds. The number of ether oxygens (including phenoxy) is 1. The molecule has 1 heterocycles. The summed E-state index contributed by atoms with van der Waals surface area (Å²) in [7, 11) is 0. The lowest BCUT2D eigenvalue weighted by Crippen LogP contribution is -2.07. The summed E-state index contributed by atoms with van der Waals surface area (Å²) < 4.78 is 4.48. The Labute approximate surface area is 90.6 Å². The molecule has 1 aliphatic heterocycles. The fourth-order valence-corrected chi connectivity index (χ4v) is 1.40. The lowest BCUT2D eigenvalue weighted by Gasteiger charge is -2.02. The van der Waals surface area contributed by atoms with E-state index < -0.39 is 11.8 Å². The molecule has 5 heteroatoms. The van der Waals surface area contributed by atoms with E-state index in [0.717, 1.165) is 0 Å². The number of aliphatic hydroxyl groups excluding tert-OH is 1. The Balaban J connectivity index is 2.45. The highest BCUT2D eigenvalue weighted by molar-refractivity contribution is 6.43. The third-order valence-electron chi connectivity index (χ3n) is 2.21. The number of ketones is 1. The van der Waals surface area contributed by atoms with Crippen LogP contribution >= 0.6 is 0 Å². The lowest BCUT2D eigenvalue weighted by molar-refractivity contribution is -0.146. The predicted octanol–water partition coefficient (Wildman–Crippen LogP) is 0.787. The molecule has 1 aliphatic rings. The van der Waals surface area contributed by atoms with Crippen LogP contribution in [0.3, 0.4) is 0 Å². The molecule has 0 saturated carbocycles. The minimum absolute atomic E-state index is 0.0395. The van der Waals surface area contributed by atoms with E-state index in [4.69, 9.17) is 0 Å². The van der Waals surface area contributed by atoms with Gasteiger partial charge in [-0.1, -0.05) is 12.1 Å². The molecule has 1 fully saturated rings. The van der Waals surface area contributed by atoms with Gasteiger partial charge in [0.15, 0.2) is 0 Å². The van der Waals surface area contributed by atoms with Crippen molar-refractivity contribution in [2.45, 2.75) is 0 Å². The van der Waals surface area contributed by atoms with E-state index in [1.807, 2.05) is 0 Å². The molecule has 5 nitrogen and oxygen atoms in total. The van der Waals surface area contributed by atoms with E-state index >= 15 is 0 Å². The summed E-state index contributed by atoms with van der Waals surface area (Å²) in [5.74, 6) is -2.20. The van der Waals surface area contributed by atoms with Crippen LogP contribution < -0.4 is 0 Å². The van der Waals surface area contributed by atoms with Gasteiger partial charge in [0.2, 0.25) is 0 Å². The Kier molecular flexibility index (Phi) is 2.36. The van der Waals surface area contributed by atoms with Gasteiger partial charge in [0, 0.05) is 5.56 Å². The summed E-state index contributed by atoms with van der Waals surface area (Å²) in [6.45, 7) is -0.237. The molecule has 0 aromatic heterocycles. The highest BCUT2D eigenvalue weighted by Crippen LogP contribution is 2.23. The van der Waals surface area contributed by atoms with Gasteiger partial charge in [-0.2, -0.15) is 0 Å². The van der Waals surface area contributed by atoms with Crippen LogP contribution in [0.4, 0.5) is 0 Å². The lowest BCUT2D eigenvalue weighted by atomic mass is 10.1. The van der Waals surface area contributed by atoms with E-state index in [9.17, 15) is 19.8 Å². The monoisotopic (exact) mass is 220 g/mol. The zero-order valence-corrected chi connectivity index (χ0v) is 8.14. The van der Waals surface area contributed by atoms with Crippen LogP contribution in [-0.4, -0.2) is 28.6 Å². The van der Waals surface area contributed by atoms with Crippen molar-refractivity contribution in [3.8, 4) is 5.75 Å². The number of carbonyl (C=O) groups is 2. The molecule has 2 N–H and O–H groups in total. The molecule has 0 aliphatic carbocycles. The summed E-state index contributed by atoms with van der Waals surface area (Å²) in [5.41, 5.74) is 0.178. The Hall–Kier alpha value is -2.30. The van der Waals surface area contributed by atoms with Crippen LogP contribution in [0.15, 0.2) is 29.8 Å². The summed E-state index contributed by atoms with van der Waals surface area (Å²) in [4.78, 5) is 22.1. The first-order chi connectivity index (χ1) is 7.59. The second-order valence-corrected chi connectivity index (χ2v) is 3.28. The largest absolute Gasteiger partial charge is 0.508 e. The maximum atomic E-state index is 11.3. The van der Waals surface area contributed by atoms with E-state index in [1.165, 1.54) is 24.3 Å². The van der Waals surface area contributed by atoms with Gasteiger partial charge in [-0.3, -0.25) is 4.79 Å². The zero-order valence-electron chi connectivity index (χ0n) is 8.14. The number of carbonyl (C=O) groups excluding carboxylic acids is 2. The molecule has 2 rings (SSSR count). The number of Topliss-reactive ketones (excluding diaryl/α,β-unsaturated/α-hetero) is 1. The van der Waals surface area contributed by atoms with Gasteiger partial charge in [0.1, 0.15) is 18.1 Å². The Bertz CT molecular complexity index is 501. The second kappa shape index (κ2) is 3.69. The minimum Gasteiger partial charge on any atom is -0.508 e. The first-order valence-electron chi connectivity index (χ1n) is 4.52. The number of aliphatic hydroxyl groups is 1. The van der Waals surface area contributed by atoms with Crippen LogP contribution in [0.2, 0.25) is 0 Å². The van der Waals surface area contributed by atoms with Crippen LogP contribution in [-0.2, 0) is 14.3 Å². The third kappa shape index (κ3) is 1.63. The average molecular weight is 220 g/mol. The van der Waals surface area contributed by atoms with Gasteiger partial charge in [-0.15, -0.1) is 0 Å². The number of benzene rings is 1. The van der Waals surface area contributed by atoms with E-state index in [1.54, 1.807) is 0 Å². The van der Waals surface area contributed by atoms with Crippen molar-refractivity contribution in [3.63, 3.8) is 0 Å². The summed E-state index contributed by atoms with van der Waals surface area (Å²) >= 11 is 0. The number of phenols is 1. The number of hydrogen-bond acceptors (Lipinski definition) is 5. The van der Waals surface area contributed by atoms with Gasteiger partial charge in [-0.05, 0) is 12.1 Å². The number of hydrogen-bond donors (Lipinski definition) is 2. The van der Waals surface area contributed by atoms with Crippen LogP contribution in [0.1, 0.15) is 5.56 Å². The highest BCUT2D eigenvalue weighted by atomic mass is 16.5. The average Bonchev–Trinajstić information content (AvgIpc) is 2.59. The van der Waals surface area contributed by atoms with E-state index in [2.05, 4.69) is 4.74 Å². The first kappa shape index (κ1) is 10.2. The smallest absolute Gasteiger partial charge is 0.379 e. The molecular formula is C11H8O5. The van der Waals surface area contributed by atoms with Crippen molar-refractivity contribution >= 4 is 17.5 Å². The molecule has 0 unspecified atom stereocenters. The number of phenolic OH excluding ortho intramolecular Hbond substituents is 1. The van der Waals surface area contributed by atoms with Crippen LogP contribution in [0, 0.1) is 0 Å². The van der Waals surface area contributed by atoms with E-state index in [-0.39, 0.29) is 29.3 Å². The van der Waals surface area contributed by atoms with Gasteiger partial charge in [-0.25, -0.2) is 4.79 Å². The van der Waals surface area contributed by atoms with Crippen molar-refractivity contribution < 1.29 is 24.5 Å². The summed E-state index contributed by atoms with van der Waals surface area (Å²) in [6, 6.07) is 5.75. The van der Waals surface area contributed by atoms with Crippen LogP contribution in [0.25, 0.3) is 5.76 Å². The highest BCUT2D eigenvalue weighted by Gasteiger charge is 2.32. The fraction of sp³-hybridized carbons (Fsp3) is 0.0909. The van der Waals surface area contributed by atoms with Crippen molar-refractivity contribution in [2.24, 2.45) is 0 Å². The summed E-state index contributed by atoms with van der Waals surface area (Å²) in [5, 5.41) is 19.0. The van der Waals surface area contributed by atoms with Gasteiger partial charge < -0.3 is 14.9 Å². The SMILES string of the molecule is O=C1OC/C(=C(/O)c2cccc(O)c2)C1=O. The Morgan fingerprint density at radius 1 is 1.31 bits per heavy atom. The number of cyclic esters (lactones) is 1. The number of rotatable bonds is 1. The topological polar surface area (TPSA) is 83.8 Å². The molecule has 16 heavy (non-hydrogen) atoms. The first-order valence-corrected chi connectivity index (χ1v) is 4.52. The molecule has 0 spiro atoms. The zero-order chi connectivity index (χ0) is 11.7. The quantitative estimate of drug-likeness (QED) is 0.316. The van der Waals surface area contributed by atoms with Crippen molar-refractivity contribution in [2.75, 3.05) is 6.61 Å². The molecule has 1 saturated heterocycles. The fourth-order valence-electron chi connectivity index (χ4n) is 1.40. The van der Waals surface area contributed by atoms with Crippen LogP contribution in [0.5, 0.6) is 5.75 Å². The van der Waals surface area contributed by atoms with Crippen molar-refractivity contribution in [1.82, 2.24) is 0 Å². The third-order valence-corrected chi connectivity index (χ3v) is 2.21. The van der Waals surface area contributed by atoms with Crippen molar-refractivity contribution in [3.05, 3.63) is 35.4 Å². The molecule has 1 aromatic carbocycles. The van der Waals surface area contributed by atoms with Gasteiger partial charge >= 0.3 is 5.97 Å².